The Morgan fingerprint density at radius 2 is 2.00 bits per heavy atom. The van der Waals surface area contributed by atoms with Crippen molar-refractivity contribution < 1.29 is 14.2 Å². The fourth-order valence-corrected chi connectivity index (χ4v) is 3.03. The first-order chi connectivity index (χ1) is 10.1. The smallest absolute Gasteiger partial charge is 0.126 e. The summed E-state index contributed by atoms with van der Waals surface area (Å²) in [5.74, 6) is 0.247. The topological polar surface area (TPSA) is 29.5 Å². The van der Waals surface area contributed by atoms with Crippen LogP contribution in [0.4, 0.5) is 4.39 Å². The highest BCUT2D eigenvalue weighted by atomic mass is 19.1. The van der Waals surface area contributed by atoms with E-state index in [1.807, 2.05) is 18.2 Å². The van der Waals surface area contributed by atoms with Gasteiger partial charge in [-0.05, 0) is 30.2 Å². The average Bonchev–Trinajstić information content (AvgIpc) is 2.49. The zero-order valence-electron chi connectivity index (χ0n) is 12.1. The molecule has 1 N–H and O–H groups in total. The van der Waals surface area contributed by atoms with E-state index in [0.29, 0.717) is 17.7 Å². The van der Waals surface area contributed by atoms with E-state index in [9.17, 15) is 9.50 Å². The molecule has 2 aromatic rings. The van der Waals surface area contributed by atoms with Gasteiger partial charge in [0.1, 0.15) is 17.2 Å². The van der Waals surface area contributed by atoms with Crippen LogP contribution in [-0.2, 0) is 6.42 Å². The van der Waals surface area contributed by atoms with Gasteiger partial charge in [-0.3, -0.25) is 0 Å². The lowest BCUT2D eigenvalue weighted by atomic mass is 9.82. The van der Waals surface area contributed by atoms with Gasteiger partial charge in [0.05, 0.1) is 6.10 Å². The largest absolute Gasteiger partial charge is 0.486 e. The van der Waals surface area contributed by atoms with Crippen molar-refractivity contribution in [2.24, 2.45) is 0 Å². The molecular weight excluding hydrogens is 267 g/mol. The molecule has 0 saturated heterocycles. The molecule has 1 unspecified atom stereocenters. The SMILES string of the molecule is CCC1(Cc2ccccc2)C[C@@H](O)c2cc(F)ccc2O1. The normalized spacial score (nSPS) is 24.2. The van der Waals surface area contributed by atoms with Gasteiger partial charge in [-0.2, -0.15) is 0 Å². The van der Waals surface area contributed by atoms with Crippen molar-refractivity contribution in [2.75, 3.05) is 0 Å². The molecule has 0 aromatic heterocycles. The number of benzene rings is 2. The Kier molecular flexibility index (Phi) is 3.68. The van der Waals surface area contributed by atoms with Crippen LogP contribution in [0.25, 0.3) is 0 Å². The number of halogens is 1. The second-order valence-corrected chi connectivity index (χ2v) is 5.70. The third-order valence-corrected chi connectivity index (χ3v) is 4.24. The zero-order chi connectivity index (χ0) is 14.9. The lowest BCUT2D eigenvalue weighted by Gasteiger charge is -2.40. The minimum absolute atomic E-state index is 0.344. The maximum Gasteiger partial charge on any atom is 0.126 e. The van der Waals surface area contributed by atoms with Gasteiger partial charge >= 0.3 is 0 Å². The molecule has 21 heavy (non-hydrogen) atoms. The van der Waals surface area contributed by atoms with Crippen molar-refractivity contribution in [3.63, 3.8) is 0 Å². The molecule has 0 spiro atoms. The molecule has 0 saturated carbocycles. The van der Waals surface area contributed by atoms with E-state index in [1.165, 1.54) is 17.7 Å². The maximum atomic E-state index is 13.3. The Morgan fingerprint density at radius 3 is 2.71 bits per heavy atom. The highest BCUT2D eigenvalue weighted by molar-refractivity contribution is 5.39. The first-order valence-electron chi connectivity index (χ1n) is 7.32. The number of hydrogen-bond acceptors (Lipinski definition) is 2. The summed E-state index contributed by atoms with van der Waals surface area (Å²) in [5.41, 5.74) is 1.29. The molecule has 0 bridgehead atoms. The van der Waals surface area contributed by atoms with Crippen LogP contribution in [0.15, 0.2) is 48.5 Å². The lowest BCUT2D eigenvalue weighted by molar-refractivity contribution is -0.0170. The number of aliphatic hydroxyl groups excluding tert-OH is 1. The summed E-state index contributed by atoms with van der Waals surface area (Å²) in [6.45, 7) is 2.06. The van der Waals surface area contributed by atoms with Gasteiger partial charge in [-0.15, -0.1) is 0 Å². The van der Waals surface area contributed by atoms with E-state index in [0.717, 1.165) is 12.8 Å². The Morgan fingerprint density at radius 1 is 1.24 bits per heavy atom. The van der Waals surface area contributed by atoms with Crippen molar-refractivity contribution in [2.45, 2.75) is 37.9 Å². The van der Waals surface area contributed by atoms with Crippen LogP contribution < -0.4 is 4.74 Å². The van der Waals surface area contributed by atoms with Crippen molar-refractivity contribution in [1.29, 1.82) is 0 Å². The van der Waals surface area contributed by atoms with E-state index in [-0.39, 0.29) is 5.82 Å². The number of hydrogen-bond donors (Lipinski definition) is 1. The van der Waals surface area contributed by atoms with Crippen LogP contribution in [0.1, 0.15) is 37.0 Å². The summed E-state index contributed by atoms with van der Waals surface area (Å²) in [6.07, 6.45) is 1.32. The van der Waals surface area contributed by atoms with Gasteiger partial charge in [0.25, 0.3) is 0 Å². The van der Waals surface area contributed by atoms with Crippen LogP contribution in [0.3, 0.4) is 0 Å². The molecular formula is C18H19FO2. The summed E-state index contributed by atoms with van der Waals surface area (Å²) in [7, 11) is 0. The summed E-state index contributed by atoms with van der Waals surface area (Å²) in [4.78, 5) is 0. The van der Waals surface area contributed by atoms with E-state index < -0.39 is 11.7 Å². The number of rotatable bonds is 3. The van der Waals surface area contributed by atoms with Gasteiger partial charge in [-0.25, -0.2) is 4.39 Å². The highest BCUT2D eigenvalue weighted by Gasteiger charge is 2.39. The van der Waals surface area contributed by atoms with Crippen LogP contribution in [0.5, 0.6) is 5.75 Å². The van der Waals surface area contributed by atoms with Gasteiger partial charge in [0.2, 0.25) is 0 Å². The molecule has 0 radical (unpaired) electrons. The fraction of sp³-hybridized carbons (Fsp3) is 0.333. The summed E-state index contributed by atoms with van der Waals surface area (Å²) < 4.78 is 19.5. The fourth-order valence-electron chi connectivity index (χ4n) is 3.03. The molecule has 1 aliphatic heterocycles. The van der Waals surface area contributed by atoms with Crippen LogP contribution >= 0.6 is 0 Å². The van der Waals surface area contributed by atoms with Gasteiger partial charge in [0.15, 0.2) is 0 Å². The van der Waals surface area contributed by atoms with Crippen LogP contribution in [-0.4, -0.2) is 10.7 Å². The number of aliphatic hydroxyl groups is 1. The molecule has 0 amide bonds. The lowest BCUT2D eigenvalue weighted by Crippen LogP contribution is -2.42. The monoisotopic (exact) mass is 286 g/mol. The van der Waals surface area contributed by atoms with E-state index in [2.05, 4.69) is 19.1 Å². The summed E-state index contributed by atoms with van der Waals surface area (Å²) in [6, 6.07) is 14.5. The minimum Gasteiger partial charge on any atom is -0.486 e. The predicted molar refractivity (Wildman–Crippen MR) is 79.8 cm³/mol. The Hall–Kier alpha value is -1.87. The van der Waals surface area contributed by atoms with Crippen molar-refractivity contribution >= 4 is 0 Å². The van der Waals surface area contributed by atoms with E-state index in [1.54, 1.807) is 6.07 Å². The molecule has 2 atom stereocenters. The maximum absolute atomic E-state index is 13.3. The Bertz CT molecular complexity index is 626. The van der Waals surface area contributed by atoms with Crippen molar-refractivity contribution in [1.82, 2.24) is 0 Å². The van der Waals surface area contributed by atoms with Gasteiger partial charge in [0, 0.05) is 18.4 Å². The Balaban J connectivity index is 1.92. The molecule has 110 valence electrons. The summed E-state index contributed by atoms with van der Waals surface area (Å²) >= 11 is 0. The second-order valence-electron chi connectivity index (χ2n) is 5.70. The summed E-state index contributed by atoms with van der Waals surface area (Å²) in [5, 5.41) is 10.4. The average molecular weight is 286 g/mol. The first-order valence-corrected chi connectivity index (χ1v) is 7.32. The molecule has 2 aromatic carbocycles. The van der Waals surface area contributed by atoms with Crippen molar-refractivity contribution in [3.05, 3.63) is 65.5 Å². The molecule has 2 nitrogen and oxygen atoms in total. The van der Waals surface area contributed by atoms with Crippen LogP contribution in [0.2, 0.25) is 0 Å². The number of ether oxygens (including phenoxy) is 1. The highest BCUT2D eigenvalue weighted by Crippen LogP contribution is 2.42. The Labute approximate surface area is 124 Å². The molecule has 1 heterocycles. The molecule has 0 fully saturated rings. The standard InChI is InChI=1S/C18H19FO2/c1-2-18(11-13-6-4-3-5-7-13)12-16(20)15-10-14(19)8-9-17(15)21-18/h3-10,16,20H,2,11-12H2,1H3/t16-,18?/m1/s1. The van der Waals surface area contributed by atoms with Gasteiger partial charge in [-0.1, -0.05) is 37.3 Å². The zero-order valence-corrected chi connectivity index (χ0v) is 12.1. The number of fused-ring (bicyclic) bond motifs is 1. The molecule has 3 heteroatoms. The third kappa shape index (κ3) is 2.79. The third-order valence-electron chi connectivity index (χ3n) is 4.24. The quantitative estimate of drug-likeness (QED) is 0.923. The first kappa shape index (κ1) is 14.1. The van der Waals surface area contributed by atoms with Gasteiger partial charge < -0.3 is 9.84 Å². The van der Waals surface area contributed by atoms with Crippen LogP contribution in [0, 0.1) is 5.82 Å². The minimum atomic E-state index is -0.687. The molecule has 1 aliphatic rings. The predicted octanol–water partition coefficient (Wildman–Crippen LogP) is 4.03. The van der Waals surface area contributed by atoms with E-state index in [4.69, 9.17) is 4.74 Å². The van der Waals surface area contributed by atoms with Crippen molar-refractivity contribution in [3.8, 4) is 5.75 Å². The molecule has 0 aliphatic carbocycles. The second kappa shape index (κ2) is 5.49. The van der Waals surface area contributed by atoms with E-state index >= 15 is 0 Å². The molecule has 3 rings (SSSR count).